The second-order valence-corrected chi connectivity index (χ2v) is 6.16. The summed E-state index contributed by atoms with van der Waals surface area (Å²) < 4.78 is 0.969. The van der Waals surface area contributed by atoms with Crippen molar-refractivity contribution in [1.29, 1.82) is 0 Å². The standard InChI is InChI=1S/C12H8BrCl2NS/c1-7-5-8(13)6-16-12(7)17-10-4-2-3-9(14)11(10)15/h2-6H,1H3. The number of benzene rings is 1. The maximum Gasteiger partial charge on any atom is 0.104 e. The molecule has 5 heteroatoms. The minimum Gasteiger partial charge on any atom is -0.248 e. The number of aromatic nitrogens is 1. The minimum absolute atomic E-state index is 0.562. The van der Waals surface area contributed by atoms with Gasteiger partial charge >= 0.3 is 0 Å². The second kappa shape index (κ2) is 5.61. The number of hydrogen-bond donors (Lipinski definition) is 0. The van der Waals surface area contributed by atoms with Crippen molar-refractivity contribution in [2.75, 3.05) is 0 Å². The first-order chi connectivity index (χ1) is 8.08. The van der Waals surface area contributed by atoms with E-state index < -0.39 is 0 Å². The molecule has 1 aromatic heterocycles. The van der Waals surface area contributed by atoms with Crippen molar-refractivity contribution < 1.29 is 0 Å². The fourth-order valence-corrected chi connectivity index (χ4v) is 3.10. The smallest absolute Gasteiger partial charge is 0.104 e. The Labute approximate surface area is 123 Å². The highest BCUT2D eigenvalue weighted by atomic mass is 79.9. The molecule has 0 saturated carbocycles. The Morgan fingerprint density at radius 3 is 2.76 bits per heavy atom. The molecule has 0 aliphatic carbocycles. The SMILES string of the molecule is Cc1cc(Br)cnc1Sc1cccc(Cl)c1Cl. The van der Waals surface area contributed by atoms with Crippen LogP contribution >= 0.6 is 50.9 Å². The molecule has 0 atom stereocenters. The molecule has 0 radical (unpaired) electrons. The zero-order chi connectivity index (χ0) is 12.4. The van der Waals surface area contributed by atoms with Gasteiger partial charge in [0.15, 0.2) is 0 Å². The molecular formula is C12H8BrCl2NS. The molecule has 17 heavy (non-hydrogen) atoms. The van der Waals surface area contributed by atoms with Crippen LogP contribution in [0.4, 0.5) is 0 Å². The second-order valence-electron chi connectivity index (χ2n) is 3.43. The molecule has 0 unspecified atom stereocenters. The highest BCUT2D eigenvalue weighted by molar-refractivity contribution is 9.10. The van der Waals surface area contributed by atoms with Gasteiger partial charge in [0.25, 0.3) is 0 Å². The average molecular weight is 349 g/mol. The van der Waals surface area contributed by atoms with Crippen molar-refractivity contribution in [2.45, 2.75) is 16.8 Å². The molecule has 1 nitrogen and oxygen atoms in total. The van der Waals surface area contributed by atoms with Gasteiger partial charge in [-0.05, 0) is 46.6 Å². The Hall–Kier alpha value is -0.220. The quantitative estimate of drug-likeness (QED) is 0.699. The monoisotopic (exact) mass is 347 g/mol. The van der Waals surface area contributed by atoms with Gasteiger partial charge in [0, 0.05) is 15.6 Å². The molecular weight excluding hydrogens is 341 g/mol. The molecule has 0 spiro atoms. The van der Waals surface area contributed by atoms with Gasteiger partial charge in [-0.15, -0.1) is 0 Å². The van der Waals surface area contributed by atoms with Gasteiger partial charge < -0.3 is 0 Å². The summed E-state index contributed by atoms with van der Waals surface area (Å²) >= 11 is 17.0. The Kier molecular flexibility index (Phi) is 4.36. The van der Waals surface area contributed by atoms with E-state index in [-0.39, 0.29) is 0 Å². The van der Waals surface area contributed by atoms with Crippen LogP contribution in [0.25, 0.3) is 0 Å². The lowest BCUT2D eigenvalue weighted by atomic mass is 10.3. The topological polar surface area (TPSA) is 12.9 Å². The Morgan fingerprint density at radius 2 is 2.06 bits per heavy atom. The number of halogens is 3. The van der Waals surface area contributed by atoms with Crippen molar-refractivity contribution in [3.8, 4) is 0 Å². The predicted molar refractivity (Wildman–Crippen MR) is 77.3 cm³/mol. The van der Waals surface area contributed by atoms with Crippen molar-refractivity contribution in [1.82, 2.24) is 4.98 Å². The number of nitrogens with zero attached hydrogens (tertiary/aromatic N) is 1. The van der Waals surface area contributed by atoms with Crippen molar-refractivity contribution >= 4 is 50.9 Å². The minimum atomic E-state index is 0.562. The molecule has 2 aromatic rings. The number of pyridine rings is 1. The molecule has 0 fully saturated rings. The summed E-state index contributed by atoms with van der Waals surface area (Å²) in [6.07, 6.45) is 1.77. The lowest BCUT2D eigenvalue weighted by Gasteiger charge is -2.07. The molecule has 0 aliphatic heterocycles. The third kappa shape index (κ3) is 3.16. The molecule has 0 amide bonds. The third-order valence-electron chi connectivity index (χ3n) is 2.12. The van der Waals surface area contributed by atoms with E-state index in [0.717, 1.165) is 20.0 Å². The molecule has 2 rings (SSSR count). The van der Waals surface area contributed by atoms with E-state index in [9.17, 15) is 0 Å². The number of aryl methyl sites for hydroxylation is 1. The van der Waals surface area contributed by atoms with Gasteiger partial charge in [0.05, 0.1) is 10.0 Å². The van der Waals surface area contributed by atoms with Crippen LogP contribution in [0.15, 0.2) is 44.9 Å². The summed E-state index contributed by atoms with van der Waals surface area (Å²) in [5, 5.41) is 2.06. The van der Waals surface area contributed by atoms with Gasteiger partial charge in [0.1, 0.15) is 5.03 Å². The average Bonchev–Trinajstić information content (AvgIpc) is 2.28. The zero-order valence-electron chi connectivity index (χ0n) is 8.88. The summed E-state index contributed by atoms with van der Waals surface area (Å²) in [4.78, 5) is 5.27. The van der Waals surface area contributed by atoms with E-state index in [0.29, 0.717) is 10.0 Å². The van der Waals surface area contributed by atoms with Crippen LogP contribution in [0.1, 0.15) is 5.56 Å². The summed E-state index contributed by atoms with van der Waals surface area (Å²) in [7, 11) is 0. The first-order valence-corrected chi connectivity index (χ1v) is 7.18. The Bertz CT molecular complexity index is 560. The summed E-state index contributed by atoms with van der Waals surface area (Å²) in [6, 6.07) is 7.61. The van der Waals surface area contributed by atoms with Crippen molar-refractivity contribution in [3.63, 3.8) is 0 Å². The van der Waals surface area contributed by atoms with Gasteiger partial charge in [-0.2, -0.15) is 0 Å². The van der Waals surface area contributed by atoms with Crippen LogP contribution in [-0.2, 0) is 0 Å². The molecule has 0 bridgehead atoms. The first kappa shape index (κ1) is 13.2. The van der Waals surface area contributed by atoms with Crippen molar-refractivity contribution in [3.05, 3.63) is 50.5 Å². The summed E-state index contributed by atoms with van der Waals surface area (Å²) in [5.74, 6) is 0. The maximum atomic E-state index is 6.14. The summed E-state index contributed by atoms with van der Waals surface area (Å²) in [6.45, 7) is 2.01. The van der Waals surface area contributed by atoms with E-state index in [2.05, 4.69) is 20.9 Å². The predicted octanol–water partition coefficient (Wildman–Crippen LogP) is 5.61. The van der Waals surface area contributed by atoms with Gasteiger partial charge in [-0.3, -0.25) is 0 Å². The van der Waals surface area contributed by atoms with Crippen LogP contribution in [-0.4, -0.2) is 4.98 Å². The van der Waals surface area contributed by atoms with Gasteiger partial charge in [-0.25, -0.2) is 4.98 Å². The maximum absolute atomic E-state index is 6.14. The van der Waals surface area contributed by atoms with E-state index >= 15 is 0 Å². The van der Waals surface area contributed by atoms with Crippen LogP contribution in [0.5, 0.6) is 0 Å². The van der Waals surface area contributed by atoms with Gasteiger partial charge in [0.2, 0.25) is 0 Å². The Morgan fingerprint density at radius 1 is 1.29 bits per heavy atom. The van der Waals surface area contributed by atoms with Gasteiger partial charge in [-0.1, -0.05) is 41.0 Å². The fourth-order valence-electron chi connectivity index (χ4n) is 1.30. The lowest BCUT2D eigenvalue weighted by Crippen LogP contribution is -1.86. The number of rotatable bonds is 2. The van der Waals surface area contributed by atoms with Crippen LogP contribution in [0.3, 0.4) is 0 Å². The third-order valence-corrected chi connectivity index (χ3v) is 4.67. The first-order valence-electron chi connectivity index (χ1n) is 4.82. The molecule has 0 N–H and O–H groups in total. The van der Waals surface area contributed by atoms with E-state index in [1.807, 2.05) is 25.1 Å². The molecule has 1 heterocycles. The van der Waals surface area contributed by atoms with E-state index in [1.165, 1.54) is 11.8 Å². The normalized spacial score (nSPS) is 10.6. The van der Waals surface area contributed by atoms with Crippen LogP contribution in [0.2, 0.25) is 10.0 Å². The number of hydrogen-bond acceptors (Lipinski definition) is 2. The van der Waals surface area contributed by atoms with Crippen LogP contribution < -0.4 is 0 Å². The van der Waals surface area contributed by atoms with E-state index in [1.54, 1.807) is 12.3 Å². The Balaban J connectivity index is 2.35. The molecule has 1 aromatic carbocycles. The molecule has 0 saturated heterocycles. The molecule has 0 aliphatic rings. The van der Waals surface area contributed by atoms with E-state index in [4.69, 9.17) is 23.2 Å². The summed E-state index contributed by atoms with van der Waals surface area (Å²) in [5.41, 5.74) is 1.10. The zero-order valence-corrected chi connectivity index (χ0v) is 12.8. The molecule has 88 valence electrons. The lowest BCUT2D eigenvalue weighted by molar-refractivity contribution is 1.07. The highest BCUT2D eigenvalue weighted by Crippen LogP contribution is 2.37. The fraction of sp³-hybridized carbons (Fsp3) is 0.0833. The highest BCUT2D eigenvalue weighted by Gasteiger charge is 2.08. The largest absolute Gasteiger partial charge is 0.248 e. The van der Waals surface area contributed by atoms with Crippen molar-refractivity contribution in [2.24, 2.45) is 0 Å². The van der Waals surface area contributed by atoms with Crippen LogP contribution in [0, 0.1) is 6.92 Å².